The Morgan fingerprint density at radius 2 is 0.583 bits per heavy atom. The molecule has 0 saturated heterocycles. The van der Waals surface area contributed by atoms with Gasteiger partial charge in [0.25, 0.3) is 0 Å². The van der Waals surface area contributed by atoms with Crippen LogP contribution in [0.4, 0.5) is 22.7 Å². The average Bonchev–Trinajstić information content (AvgIpc) is 3.43. The number of nitrogens with zero attached hydrogens (tertiary/aromatic N) is 6. The van der Waals surface area contributed by atoms with Crippen molar-refractivity contribution in [2.24, 2.45) is 9.98 Å². The van der Waals surface area contributed by atoms with Crippen molar-refractivity contribution in [2.45, 2.75) is 186 Å². The molecule has 0 saturated carbocycles. The third-order valence-electron chi connectivity index (χ3n) is 13.8. The first-order chi connectivity index (χ1) is 38.8. The molecule has 0 aliphatic heterocycles. The van der Waals surface area contributed by atoms with E-state index in [1.165, 1.54) is 44.5 Å². The summed E-state index contributed by atoms with van der Waals surface area (Å²) in [4.78, 5) is 10.2. The first-order valence-electron chi connectivity index (χ1n) is 29.3. The number of benzene rings is 6. The zero-order valence-corrected chi connectivity index (χ0v) is 56.3. The number of aliphatic imine (C=N–C) groups is 2. The van der Waals surface area contributed by atoms with Crippen molar-refractivity contribution in [3.05, 3.63) is 211 Å². The molecule has 10 heteroatoms. The van der Waals surface area contributed by atoms with E-state index < -0.39 is 0 Å². The van der Waals surface area contributed by atoms with Crippen molar-refractivity contribution in [3.8, 4) is 23.6 Å². The quantitative estimate of drug-likeness (QED) is 0.0629. The van der Waals surface area contributed by atoms with Crippen LogP contribution in [0.3, 0.4) is 0 Å². The molecule has 0 amide bonds. The summed E-state index contributed by atoms with van der Waals surface area (Å²) in [6, 6.07) is 44.3. The van der Waals surface area contributed by atoms with Crippen molar-refractivity contribution in [1.82, 2.24) is 0 Å². The van der Waals surface area contributed by atoms with Crippen LogP contribution in [0.25, 0.3) is 10.6 Å². The molecule has 0 aromatic heterocycles. The fourth-order valence-electron chi connectivity index (χ4n) is 9.33. The Morgan fingerprint density at radius 3 is 0.774 bits per heavy atom. The first-order valence-corrected chi connectivity index (χ1v) is 29.3. The van der Waals surface area contributed by atoms with E-state index in [2.05, 4.69) is 223 Å². The van der Waals surface area contributed by atoms with Crippen molar-refractivity contribution >= 4 is 34.2 Å². The Balaban J connectivity index is 0.000000621. The van der Waals surface area contributed by atoms with E-state index in [4.69, 9.17) is 40.6 Å². The predicted molar refractivity (Wildman–Crippen MR) is 353 cm³/mol. The van der Waals surface area contributed by atoms with Gasteiger partial charge < -0.3 is 20.1 Å². The smallest absolute Gasteiger partial charge is 0.661 e. The van der Waals surface area contributed by atoms with E-state index in [1.807, 2.05) is 12.1 Å². The average molecular weight is 1230 g/mol. The molecule has 8 nitrogen and oxygen atoms in total. The van der Waals surface area contributed by atoms with Crippen LogP contribution in [0.5, 0.6) is 11.5 Å². The fourth-order valence-corrected chi connectivity index (χ4v) is 9.33. The van der Waals surface area contributed by atoms with Crippen molar-refractivity contribution < 1.29 is 43.6 Å². The Kier molecular flexibility index (Phi) is 33.8. The molecule has 0 heterocycles. The van der Waals surface area contributed by atoms with E-state index in [1.54, 1.807) is 62.8 Å². The molecule has 6 rings (SSSR count). The summed E-state index contributed by atoms with van der Waals surface area (Å²) >= 11 is 0. The zero-order valence-electron chi connectivity index (χ0n) is 54.4. The van der Waals surface area contributed by atoms with Crippen LogP contribution in [0.15, 0.2) is 155 Å². The van der Waals surface area contributed by atoms with E-state index >= 15 is 0 Å². The molecule has 6 aromatic carbocycles. The van der Waals surface area contributed by atoms with Gasteiger partial charge in [-0.1, -0.05) is 232 Å². The number of nitriles is 2. The number of ether oxygens (including phenoxy) is 2. The molecule has 0 atom stereocenters. The SMILES string of the molecule is CC(/C=C(/C)[N-]c1c(C(C)C)cccc1C(C)C)=Nc1c(C(C)C)cccc1C(C)C.CC(/C=C(/C)[N-]c1c(C(C)C)cccc1C(C)C)=Nc1c(C(C)C)cccc1C(C)C.COc1ccc(C#N)cc1.COc1ccc(C#N)cc1.[Cu+].[Cu+]. The summed E-state index contributed by atoms with van der Waals surface area (Å²) in [7, 11) is 3.20. The fraction of sp³-hybridized carbons (Fsp3) is 0.405. The minimum Gasteiger partial charge on any atom is -0.661 e. The van der Waals surface area contributed by atoms with E-state index in [-0.39, 0.29) is 34.1 Å². The number of hydrogen-bond donors (Lipinski definition) is 0. The van der Waals surface area contributed by atoms with Gasteiger partial charge in [-0.05, 0) is 132 Å². The minimum atomic E-state index is 0. The van der Waals surface area contributed by atoms with Gasteiger partial charge in [0.2, 0.25) is 0 Å². The maximum Gasteiger partial charge on any atom is 1.00 e. The van der Waals surface area contributed by atoms with Gasteiger partial charge in [0.1, 0.15) is 11.5 Å². The molecule has 84 heavy (non-hydrogen) atoms. The van der Waals surface area contributed by atoms with Crippen molar-refractivity contribution in [3.63, 3.8) is 0 Å². The summed E-state index contributed by atoms with van der Waals surface area (Å²) in [6.45, 7) is 44.1. The molecule has 6 aromatic rings. The molecular weight excluding hydrogens is 1130 g/mol. The number of para-hydroxylation sites is 4. The maximum atomic E-state index is 8.41. The normalized spacial score (nSPS) is 11.7. The Hall–Kier alpha value is -6.64. The Labute approximate surface area is 529 Å². The van der Waals surface area contributed by atoms with Crippen LogP contribution < -0.4 is 9.47 Å². The van der Waals surface area contributed by atoms with Gasteiger partial charge in [-0.2, -0.15) is 21.9 Å². The maximum absolute atomic E-state index is 8.41. The van der Waals surface area contributed by atoms with Crippen LogP contribution in [0.1, 0.15) is 241 Å². The molecule has 0 bridgehead atoms. The van der Waals surface area contributed by atoms with Gasteiger partial charge in [-0.15, -0.1) is 11.4 Å². The third-order valence-corrected chi connectivity index (χ3v) is 13.8. The number of allylic oxidation sites excluding steroid dienone is 4. The second kappa shape index (κ2) is 37.6. The van der Waals surface area contributed by atoms with E-state index in [0.29, 0.717) is 58.5 Å². The van der Waals surface area contributed by atoms with Gasteiger partial charge in [0.15, 0.2) is 0 Å². The second-order valence-corrected chi connectivity index (χ2v) is 23.4. The molecule has 0 spiro atoms. The second-order valence-electron chi connectivity index (χ2n) is 23.4. The van der Waals surface area contributed by atoms with E-state index in [0.717, 1.165) is 57.1 Å². The molecule has 0 N–H and O–H groups in total. The summed E-state index contributed by atoms with van der Waals surface area (Å²) in [6.07, 6.45) is 4.23. The molecule has 0 aliphatic carbocycles. The van der Waals surface area contributed by atoms with Gasteiger partial charge >= 0.3 is 34.1 Å². The van der Waals surface area contributed by atoms with E-state index in [9.17, 15) is 0 Å². The number of methoxy groups -OCH3 is 2. The summed E-state index contributed by atoms with van der Waals surface area (Å²) in [5.74, 6) is 5.05. The van der Waals surface area contributed by atoms with Gasteiger partial charge in [-0.25, -0.2) is 0 Å². The largest absolute Gasteiger partial charge is 1.00 e. The van der Waals surface area contributed by atoms with Gasteiger partial charge in [0, 0.05) is 11.4 Å². The molecular formula is C74H96Cu2N6O2. The predicted octanol–water partition coefficient (Wildman–Crippen LogP) is 22.9. The summed E-state index contributed by atoms with van der Waals surface area (Å²) in [5.41, 5.74) is 20.2. The van der Waals surface area contributed by atoms with Crippen LogP contribution in [-0.2, 0) is 34.1 Å². The Morgan fingerprint density at radius 1 is 0.369 bits per heavy atom. The monoisotopic (exact) mass is 1230 g/mol. The van der Waals surface area contributed by atoms with Crippen LogP contribution >= 0.6 is 0 Å². The zero-order chi connectivity index (χ0) is 61.4. The number of rotatable bonds is 18. The first kappa shape index (κ1) is 75.4. The van der Waals surface area contributed by atoms with Crippen LogP contribution in [0.2, 0.25) is 0 Å². The summed E-state index contributed by atoms with van der Waals surface area (Å²) < 4.78 is 9.81. The van der Waals surface area contributed by atoms with Crippen LogP contribution in [0, 0.1) is 22.7 Å². The number of hydrogen-bond acceptors (Lipinski definition) is 6. The van der Waals surface area contributed by atoms with Crippen molar-refractivity contribution in [2.75, 3.05) is 14.2 Å². The molecule has 0 fully saturated rings. The van der Waals surface area contributed by atoms with Gasteiger partial charge in [0.05, 0.1) is 48.9 Å². The molecule has 0 aliphatic rings. The molecule has 456 valence electrons. The summed E-state index contributed by atoms with van der Waals surface area (Å²) in [5, 5.41) is 27.0. The van der Waals surface area contributed by atoms with Crippen LogP contribution in [-0.4, -0.2) is 25.6 Å². The van der Waals surface area contributed by atoms with Gasteiger partial charge in [-0.3, -0.25) is 9.98 Å². The topological polar surface area (TPSA) is 119 Å². The minimum absolute atomic E-state index is 0. The Bertz CT molecular complexity index is 2860. The molecule has 0 unspecified atom stereocenters. The third kappa shape index (κ3) is 23.4. The standard InChI is InChI=1S/2C29H41N2.2C8H7NO.2Cu/c2*1-18(2)24-13-11-14-25(19(3)4)28(24)30-22(9)17-23(10)31-29-26(20(5)6)15-12-16-27(29)21(7)8;2*1-10-8-4-2-7(6-9)3-5-8;;/h2*11-21H,1-10H3;2*2-5H,1H3;;/q2*-1;;;2*+1/b2*22-17-,31-23?;;;;. The van der Waals surface area contributed by atoms with Crippen molar-refractivity contribution in [1.29, 1.82) is 10.5 Å². The molecule has 0 radical (unpaired) electrons.